The summed E-state index contributed by atoms with van der Waals surface area (Å²) in [4.78, 5) is 26.1. The quantitative estimate of drug-likeness (QED) is 0.165. The molecule has 1 amide bonds. The Kier molecular flexibility index (Phi) is 11.6. The van der Waals surface area contributed by atoms with Gasteiger partial charge in [0.25, 0.3) is 5.91 Å². The van der Waals surface area contributed by atoms with Gasteiger partial charge in [0.2, 0.25) is 0 Å². The van der Waals surface area contributed by atoms with Crippen LogP contribution in [0.4, 0.5) is 5.69 Å². The van der Waals surface area contributed by atoms with Gasteiger partial charge >= 0.3 is 5.63 Å². The molecule has 9 heteroatoms. The minimum Gasteiger partial charge on any atom is -0.505 e. The number of hydrogen-bond acceptors (Lipinski definition) is 8. The molecule has 1 aliphatic carbocycles. The number of methoxy groups -OCH3 is 1. The first-order valence-electron chi connectivity index (χ1n) is 14.4. The van der Waals surface area contributed by atoms with Crippen molar-refractivity contribution in [2.75, 3.05) is 19.0 Å². The normalized spacial score (nSPS) is 20.9. The van der Waals surface area contributed by atoms with Crippen molar-refractivity contribution >= 4 is 23.2 Å². The maximum absolute atomic E-state index is 13.1. The van der Waals surface area contributed by atoms with Crippen molar-refractivity contribution in [2.45, 2.75) is 98.1 Å². The van der Waals surface area contributed by atoms with E-state index in [2.05, 4.69) is 11.4 Å². The average Bonchev–Trinajstić information content (AvgIpc) is 3.18. The summed E-state index contributed by atoms with van der Waals surface area (Å²) >= 11 is 0. The predicted octanol–water partition coefficient (Wildman–Crippen LogP) is 6.38. The molecular formula is C33H45NO8. The molecule has 0 radical (unpaired) electrons. The van der Waals surface area contributed by atoms with E-state index in [-0.39, 0.29) is 35.3 Å². The fourth-order valence-electron chi connectivity index (χ4n) is 5.09. The second-order valence-corrected chi connectivity index (χ2v) is 11.6. The highest BCUT2D eigenvalue weighted by atomic mass is 16.7. The lowest BCUT2D eigenvalue weighted by Crippen LogP contribution is -2.32. The number of aliphatic hydroxyl groups is 1. The lowest BCUT2D eigenvalue weighted by Gasteiger charge is -2.29. The van der Waals surface area contributed by atoms with Crippen LogP contribution in [-0.4, -0.2) is 47.8 Å². The number of fused-ring (bicyclic) bond motifs is 1. The van der Waals surface area contributed by atoms with Crippen LogP contribution in [0.1, 0.15) is 91.4 Å². The molecule has 9 nitrogen and oxygen atoms in total. The smallest absolute Gasteiger partial charge is 0.364 e. The van der Waals surface area contributed by atoms with E-state index in [1.807, 2.05) is 27.7 Å². The minimum absolute atomic E-state index is 0.0679. The van der Waals surface area contributed by atoms with Crippen LogP contribution in [0.2, 0.25) is 0 Å². The van der Waals surface area contributed by atoms with Crippen molar-refractivity contribution in [3.05, 3.63) is 68.5 Å². The summed E-state index contributed by atoms with van der Waals surface area (Å²) in [5.41, 5.74) is 1.20. The summed E-state index contributed by atoms with van der Waals surface area (Å²) in [5.74, 6) is -0.280. The third-order valence-corrected chi connectivity index (χ3v) is 7.38. The Morgan fingerprint density at radius 2 is 2.00 bits per heavy atom. The summed E-state index contributed by atoms with van der Waals surface area (Å²) < 4.78 is 23.8. The maximum Gasteiger partial charge on any atom is 0.364 e. The zero-order valence-corrected chi connectivity index (χ0v) is 25.8. The van der Waals surface area contributed by atoms with Crippen LogP contribution in [0.5, 0.6) is 5.75 Å². The number of carbonyl (C=O) groups is 1. The monoisotopic (exact) mass is 583 g/mol. The molecule has 1 saturated heterocycles. The van der Waals surface area contributed by atoms with Gasteiger partial charge in [0.05, 0.1) is 23.9 Å². The molecule has 230 valence electrons. The molecule has 3 N–H and O–H groups in total. The summed E-state index contributed by atoms with van der Waals surface area (Å²) in [6.07, 6.45) is 12.1. The molecule has 0 aromatic carbocycles. The van der Waals surface area contributed by atoms with Gasteiger partial charge in [-0.05, 0) is 72.5 Å². The lowest BCUT2D eigenvalue weighted by molar-refractivity contribution is -0.181. The van der Waals surface area contributed by atoms with Gasteiger partial charge in [0.15, 0.2) is 17.7 Å². The lowest BCUT2D eigenvalue weighted by atomic mass is 9.99. The highest BCUT2D eigenvalue weighted by molar-refractivity contribution is 6.06. The number of nitrogens with one attached hydrogen (secondary N) is 1. The summed E-state index contributed by atoms with van der Waals surface area (Å²) in [6, 6.07) is 0. The van der Waals surface area contributed by atoms with Crippen LogP contribution in [0.3, 0.4) is 0 Å². The van der Waals surface area contributed by atoms with E-state index in [9.17, 15) is 19.8 Å². The summed E-state index contributed by atoms with van der Waals surface area (Å²) in [6.45, 7) is 11.2. The Bertz CT molecular complexity index is 1350. The molecule has 0 saturated carbocycles. The van der Waals surface area contributed by atoms with Crippen molar-refractivity contribution in [3.63, 3.8) is 0 Å². The zero-order valence-electron chi connectivity index (χ0n) is 25.8. The van der Waals surface area contributed by atoms with Crippen LogP contribution >= 0.6 is 0 Å². The third-order valence-electron chi connectivity index (χ3n) is 7.38. The van der Waals surface area contributed by atoms with Gasteiger partial charge in [0.1, 0.15) is 11.5 Å². The SMILES string of the molecule is C/C=C(\C=C(/CO)CCC=C(C)C)C(=O)Nc1c(O)c2c(oc1=O)C(C)=C(O[C@H]1CC[C@@H](OC)CC(C)(C)O1)CC=C2. The fraction of sp³-hybridized carbons (Fsp3) is 0.515. The minimum atomic E-state index is -0.895. The van der Waals surface area contributed by atoms with Crippen LogP contribution in [-0.2, 0) is 19.0 Å². The molecule has 42 heavy (non-hydrogen) atoms. The number of ether oxygens (including phenoxy) is 3. The highest BCUT2D eigenvalue weighted by Crippen LogP contribution is 2.38. The van der Waals surface area contributed by atoms with E-state index in [4.69, 9.17) is 18.6 Å². The first-order chi connectivity index (χ1) is 19.9. The molecule has 0 bridgehead atoms. The van der Waals surface area contributed by atoms with Gasteiger partial charge in [0, 0.05) is 37.5 Å². The van der Waals surface area contributed by atoms with E-state index in [0.29, 0.717) is 36.2 Å². The van der Waals surface area contributed by atoms with E-state index < -0.39 is 29.2 Å². The molecule has 2 heterocycles. The van der Waals surface area contributed by atoms with Gasteiger partial charge in [-0.15, -0.1) is 0 Å². The van der Waals surface area contributed by atoms with Gasteiger partial charge in [-0.3, -0.25) is 4.79 Å². The molecule has 3 rings (SSSR count). The van der Waals surface area contributed by atoms with E-state index >= 15 is 0 Å². The molecule has 0 spiro atoms. The van der Waals surface area contributed by atoms with Crippen molar-refractivity contribution in [3.8, 4) is 5.75 Å². The topological polar surface area (TPSA) is 127 Å². The number of aliphatic hydroxyl groups excluding tert-OH is 1. The van der Waals surface area contributed by atoms with Crippen molar-refractivity contribution in [1.82, 2.24) is 0 Å². The zero-order chi connectivity index (χ0) is 31.0. The second kappa shape index (κ2) is 14.7. The molecule has 1 aliphatic heterocycles. The van der Waals surface area contributed by atoms with Crippen molar-refractivity contribution in [2.24, 2.45) is 0 Å². The Morgan fingerprint density at radius 1 is 1.26 bits per heavy atom. The van der Waals surface area contributed by atoms with Gasteiger partial charge in [-0.2, -0.15) is 0 Å². The largest absolute Gasteiger partial charge is 0.505 e. The third kappa shape index (κ3) is 8.56. The van der Waals surface area contributed by atoms with Gasteiger partial charge in [-0.1, -0.05) is 29.9 Å². The van der Waals surface area contributed by atoms with Crippen LogP contribution < -0.4 is 10.9 Å². The Hall–Kier alpha value is -3.40. The van der Waals surface area contributed by atoms with Gasteiger partial charge < -0.3 is 34.2 Å². The molecule has 1 fully saturated rings. The number of hydrogen-bond donors (Lipinski definition) is 3. The Morgan fingerprint density at radius 3 is 2.64 bits per heavy atom. The number of aromatic hydroxyl groups is 1. The Labute approximate surface area is 248 Å². The number of anilines is 1. The highest BCUT2D eigenvalue weighted by Gasteiger charge is 2.34. The number of allylic oxidation sites excluding steroid dienone is 5. The first-order valence-corrected chi connectivity index (χ1v) is 14.4. The second-order valence-electron chi connectivity index (χ2n) is 11.6. The molecule has 1 aromatic rings. The molecule has 0 unspecified atom stereocenters. The first kappa shape index (κ1) is 33.1. The Balaban J connectivity index is 1.86. The van der Waals surface area contributed by atoms with Crippen LogP contribution in [0.25, 0.3) is 11.6 Å². The fourth-order valence-corrected chi connectivity index (χ4v) is 5.09. The maximum atomic E-state index is 13.1. The molecule has 2 aliphatic rings. The van der Waals surface area contributed by atoms with E-state index in [1.165, 1.54) is 5.57 Å². The number of carbonyl (C=O) groups excluding carboxylic acids is 1. The summed E-state index contributed by atoms with van der Waals surface area (Å²) in [5, 5.41) is 23.4. The molecular weight excluding hydrogens is 538 g/mol. The number of amides is 1. The van der Waals surface area contributed by atoms with E-state index in [0.717, 1.165) is 19.3 Å². The standard InChI is InChI=1S/C33H45NO8/c1-8-23(17-22(19-35)12-9-11-20(2)3)31(37)34-28-29(36)25-13-10-14-26(21(4)30(25)41-32(28)38)40-27-16-15-24(39-7)18-33(5,6)42-27/h8,10-11,13,17,24,27,35-36H,9,12,14-16,18-19H2,1-7H3,(H,34,37)/b22-17-,23-8+/t24-,27-/m1/s1. The average molecular weight is 584 g/mol. The van der Waals surface area contributed by atoms with E-state index in [1.54, 1.807) is 45.3 Å². The summed E-state index contributed by atoms with van der Waals surface area (Å²) in [7, 11) is 1.70. The number of rotatable bonds is 10. The van der Waals surface area contributed by atoms with Crippen LogP contribution in [0, 0.1) is 0 Å². The molecule has 2 atom stereocenters. The van der Waals surface area contributed by atoms with Crippen LogP contribution in [0.15, 0.2) is 56.0 Å². The molecule has 1 aromatic heterocycles. The van der Waals surface area contributed by atoms with Crippen molar-refractivity contribution < 1.29 is 33.6 Å². The van der Waals surface area contributed by atoms with Crippen molar-refractivity contribution in [1.29, 1.82) is 0 Å². The predicted molar refractivity (Wildman–Crippen MR) is 164 cm³/mol. The van der Waals surface area contributed by atoms with Gasteiger partial charge in [-0.25, -0.2) is 4.79 Å².